The standard InChI is InChI=1S/C18H21NO4.C11H16O3.Li.H2O/c1-10(2)13-8-16(23-17(13)11(3)4)15(20)7-12-5-6-14(18(21)22)19-9-12;1-6(2)8-5-9(11(12)13)14-10(8)7(3)4;;/h5-6,8-11H,7H2,1-4H3,(H,21,22);5-7H,1-4H3,(H,12,13);;1H2/q;;+1;/p-1. The van der Waals surface area contributed by atoms with Crippen LogP contribution in [0.2, 0.25) is 0 Å². The summed E-state index contributed by atoms with van der Waals surface area (Å²) in [6.45, 7) is 16.3. The molecular weight excluding hydrogens is 497 g/mol. The molecule has 0 aliphatic carbocycles. The molecule has 3 heterocycles. The second-order valence-electron chi connectivity index (χ2n) is 10.2. The minimum absolute atomic E-state index is 0. The molecule has 0 bridgehead atoms. The average molecular weight is 536 g/mol. The zero-order valence-corrected chi connectivity index (χ0v) is 24.2. The van der Waals surface area contributed by atoms with E-state index in [0.29, 0.717) is 17.2 Å². The number of pyridine rings is 1. The van der Waals surface area contributed by atoms with E-state index in [2.05, 4.69) is 18.8 Å². The van der Waals surface area contributed by atoms with Gasteiger partial charge in [0.2, 0.25) is 11.5 Å². The Morgan fingerprint density at radius 3 is 1.54 bits per heavy atom. The van der Waals surface area contributed by atoms with E-state index in [1.807, 2.05) is 47.6 Å². The van der Waals surface area contributed by atoms with Gasteiger partial charge in [0.25, 0.3) is 0 Å². The molecule has 0 fully saturated rings. The fourth-order valence-electron chi connectivity index (χ4n) is 3.81. The number of hydrogen-bond acceptors (Lipinski definition) is 7. The molecular formula is C29H38LiNO8. The molecule has 0 aliphatic rings. The largest absolute Gasteiger partial charge is 1.00 e. The molecule has 0 amide bonds. The molecule has 0 radical (unpaired) electrons. The number of aromatic carboxylic acids is 2. The number of furan rings is 2. The van der Waals surface area contributed by atoms with Gasteiger partial charge in [-0.05, 0) is 46.7 Å². The maximum atomic E-state index is 12.4. The predicted octanol–water partition coefficient (Wildman–Crippen LogP) is 4.10. The van der Waals surface area contributed by atoms with Gasteiger partial charge in [0.15, 0.2) is 5.76 Å². The Morgan fingerprint density at radius 2 is 1.21 bits per heavy atom. The Morgan fingerprint density at radius 1 is 0.744 bits per heavy atom. The van der Waals surface area contributed by atoms with Gasteiger partial charge in [0.1, 0.15) is 17.2 Å². The maximum absolute atomic E-state index is 12.4. The van der Waals surface area contributed by atoms with Crippen LogP contribution in [0.4, 0.5) is 0 Å². The number of ketones is 1. The number of nitrogens with zero attached hydrogens (tertiary/aromatic N) is 1. The van der Waals surface area contributed by atoms with Crippen LogP contribution in [0, 0.1) is 0 Å². The summed E-state index contributed by atoms with van der Waals surface area (Å²) in [6, 6.07) is 6.44. The summed E-state index contributed by atoms with van der Waals surface area (Å²) in [5.74, 6) is 0.821. The van der Waals surface area contributed by atoms with Crippen LogP contribution in [0.25, 0.3) is 0 Å². The summed E-state index contributed by atoms with van der Waals surface area (Å²) in [6.07, 6.45) is 1.55. The van der Waals surface area contributed by atoms with Gasteiger partial charge in [-0.15, -0.1) is 0 Å². The summed E-state index contributed by atoms with van der Waals surface area (Å²) < 4.78 is 11.1. The Bertz CT molecular complexity index is 1190. The Labute approximate surface area is 241 Å². The van der Waals surface area contributed by atoms with Crippen molar-refractivity contribution in [3.8, 4) is 0 Å². The van der Waals surface area contributed by atoms with Crippen LogP contribution in [-0.4, -0.2) is 38.4 Å². The molecule has 208 valence electrons. The summed E-state index contributed by atoms with van der Waals surface area (Å²) >= 11 is 0. The van der Waals surface area contributed by atoms with Gasteiger partial charge < -0.3 is 24.5 Å². The first-order chi connectivity index (χ1) is 17.2. The fourth-order valence-corrected chi connectivity index (χ4v) is 3.81. The van der Waals surface area contributed by atoms with Crippen molar-refractivity contribution in [2.24, 2.45) is 0 Å². The zero-order valence-electron chi connectivity index (χ0n) is 24.2. The van der Waals surface area contributed by atoms with Crippen LogP contribution in [0.5, 0.6) is 0 Å². The monoisotopic (exact) mass is 535 g/mol. The number of carbonyl (C=O) groups excluding carboxylic acids is 1. The van der Waals surface area contributed by atoms with Gasteiger partial charge in [-0.3, -0.25) is 4.79 Å². The molecule has 0 aliphatic heterocycles. The third-order valence-corrected chi connectivity index (χ3v) is 5.77. The summed E-state index contributed by atoms with van der Waals surface area (Å²) in [7, 11) is 0. The van der Waals surface area contributed by atoms with Gasteiger partial charge in [0.05, 0.1) is 0 Å². The average Bonchev–Trinajstić information content (AvgIpc) is 3.46. The number of aromatic nitrogens is 1. The topological polar surface area (TPSA) is 161 Å². The van der Waals surface area contributed by atoms with Crippen molar-refractivity contribution < 1.29 is 57.8 Å². The predicted molar refractivity (Wildman–Crippen MR) is 142 cm³/mol. The van der Waals surface area contributed by atoms with E-state index in [1.54, 1.807) is 12.1 Å². The molecule has 3 rings (SSSR count). The molecule has 39 heavy (non-hydrogen) atoms. The summed E-state index contributed by atoms with van der Waals surface area (Å²) in [5, 5.41) is 17.6. The van der Waals surface area contributed by atoms with E-state index in [9.17, 15) is 14.4 Å². The van der Waals surface area contributed by atoms with Crippen LogP contribution >= 0.6 is 0 Å². The number of rotatable bonds is 9. The number of carbonyl (C=O) groups is 3. The van der Waals surface area contributed by atoms with Gasteiger partial charge in [-0.2, -0.15) is 0 Å². The van der Waals surface area contributed by atoms with Gasteiger partial charge in [-0.1, -0.05) is 61.5 Å². The quantitative estimate of drug-likeness (QED) is 0.304. The van der Waals surface area contributed by atoms with Crippen molar-refractivity contribution in [1.82, 2.24) is 4.98 Å². The first-order valence-corrected chi connectivity index (χ1v) is 12.4. The number of Topliss-reactive ketones (excluding diaryl/α,β-unsaturated/α-hetero) is 1. The smallest absolute Gasteiger partial charge is 0.870 e. The third kappa shape index (κ3) is 9.54. The van der Waals surface area contributed by atoms with Gasteiger partial charge in [0, 0.05) is 24.5 Å². The van der Waals surface area contributed by atoms with E-state index >= 15 is 0 Å². The minimum Gasteiger partial charge on any atom is -0.870 e. The van der Waals surface area contributed by atoms with Gasteiger partial charge in [-0.25, -0.2) is 14.6 Å². The van der Waals surface area contributed by atoms with Crippen molar-refractivity contribution in [1.29, 1.82) is 0 Å². The fraction of sp³-hybridized carbons (Fsp3) is 0.448. The molecule has 0 unspecified atom stereocenters. The van der Waals surface area contributed by atoms with Crippen LogP contribution in [0.1, 0.15) is 139 Å². The third-order valence-electron chi connectivity index (χ3n) is 5.77. The molecule has 0 atom stereocenters. The normalized spacial score (nSPS) is 10.7. The van der Waals surface area contributed by atoms with Crippen molar-refractivity contribution in [2.45, 2.75) is 85.5 Å². The first-order valence-electron chi connectivity index (χ1n) is 12.4. The molecule has 0 spiro atoms. The number of hydrogen-bond donors (Lipinski definition) is 2. The number of carboxylic acid groups (broad SMARTS) is 2. The SMILES string of the molecule is CC(C)c1cc(C(=O)Cc2ccc(C(=O)O)nc2)oc1C(C)C.CC(C)c1cc(C(=O)O)oc1C(C)C.[Li+].[OH-]. The molecule has 3 aromatic heterocycles. The molecule has 0 saturated carbocycles. The van der Waals surface area contributed by atoms with Crippen molar-refractivity contribution in [3.63, 3.8) is 0 Å². The van der Waals surface area contributed by atoms with Crippen LogP contribution in [0.3, 0.4) is 0 Å². The van der Waals surface area contributed by atoms with Crippen molar-refractivity contribution in [2.75, 3.05) is 0 Å². The molecule has 9 nitrogen and oxygen atoms in total. The first kappa shape index (κ1) is 35.9. The van der Waals surface area contributed by atoms with Crippen molar-refractivity contribution >= 4 is 17.7 Å². The van der Waals surface area contributed by atoms with Crippen molar-refractivity contribution in [3.05, 3.63) is 75.9 Å². The van der Waals surface area contributed by atoms with Crippen LogP contribution in [-0.2, 0) is 6.42 Å². The Balaban J connectivity index is 0.000000783. The van der Waals surface area contributed by atoms with Gasteiger partial charge >= 0.3 is 30.8 Å². The van der Waals surface area contributed by atoms with E-state index in [4.69, 9.17) is 19.0 Å². The second-order valence-corrected chi connectivity index (χ2v) is 10.2. The number of carboxylic acids is 2. The van der Waals surface area contributed by atoms with Crippen LogP contribution < -0.4 is 18.9 Å². The van der Waals surface area contributed by atoms with Crippen LogP contribution in [0.15, 0.2) is 39.3 Å². The maximum Gasteiger partial charge on any atom is 1.00 e. The molecule has 0 saturated heterocycles. The minimum atomic E-state index is -1.09. The Hall–Kier alpha value is -3.12. The van der Waals surface area contributed by atoms with E-state index < -0.39 is 11.9 Å². The molecule has 0 aromatic carbocycles. The Kier molecular flexibility index (Phi) is 14.2. The second kappa shape index (κ2) is 15.5. The van der Waals surface area contributed by atoms with E-state index in [1.165, 1.54) is 12.3 Å². The van der Waals surface area contributed by atoms with E-state index in [-0.39, 0.29) is 65.7 Å². The zero-order chi connectivity index (χ0) is 28.0. The summed E-state index contributed by atoms with van der Waals surface area (Å²) in [4.78, 5) is 37.7. The molecule has 3 aromatic rings. The van der Waals surface area contributed by atoms with E-state index in [0.717, 1.165) is 22.6 Å². The molecule has 3 N–H and O–H groups in total. The summed E-state index contributed by atoms with van der Waals surface area (Å²) in [5.41, 5.74) is 2.68. The molecule has 10 heteroatoms.